The average molecular weight is 380 g/mol. The second kappa shape index (κ2) is 7.63. The maximum Gasteiger partial charge on any atom is 0.188 e. The van der Waals surface area contributed by atoms with E-state index in [1.54, 1.807) is 12.1 Å². The molecule has 4 nitrogen and oxygen atoms in total. The van der Waals surface area contributed by atoms with Crippen molar-refractivity contribution in [3.8, 4) is 11.5 Å². The summed E-state index contributed by atoms with van der Waals surface area (Å²) >= 11 is 1.49. The predicted octanol–water partition coefficient (Wildman–Crippen LogP) is 5.77. The van der Waals surface area contributed by atoms with E-state index in [-0.39, 0.29) is 5.75 Å². The van der Waals surface area contributed by atoms with Gasteiger partial charge in [0.25, 0.3) is 0 Å². The number of aromatic nitrogens is 1. The Morgan fingerprint density at radius 2 is 1.89 bits per heavy atom. The molecule has 0 bridgehead atoms. The fourth-order valence-corrected chi connectivity index (χ4v) is 3.57. The van der Waals surface area contributed by atoms with E-state index in [0.29, 0.717) is 17.4 Å². The van der Waals surface area contributed by atoms with Gasteiger partial charge >= 0.3 is 0 Å². The highest BCUT2D eigenvalue weighted by molar-refractivity contribution is 7.22. The highest BCUT2D eigenvalue weighted by atomic mass is 32.1. The molecular weight excluding hydrogens is 363 g/mol. The van der Waals surface area contributed by atoms with Crippen LogP contribution >= 0.6 is 11.3 Å². The Morgan fingerprint density at radius 1 is 1.04 bits per heavy atom. The van der Waals surface area contributed by atoms with Crippen LogP contribution in [0.25, 0.3) is 10.2 Å². The summed E-state index contributed by atoms with van der Waals surface area (Å²) in [7, 11) is 1.44. The number of hydrogen-bond donors (Lipinski definition) is 1. The van der Waals surface area contributed by atoms with E-state index in [2.05, 4.69) is 10.3 Å². The summed E-state index contributed by atoms with van der Waals surface area (Å²) in [5.74, 6) is 0.585. The van der Waals surface area contributed by atoms with Gasteiger partial charge in [-0.2, -0.15) is 0 Å². The number of benzene rings is 3. The van der Waals surface area contributed by atoms with Crippen LogP contribution in [0.2, 0.25) is 0 Å². The van der Waals surface area contributed by atoms with Crippen LogP contribution in [0.5, 0.6) is 11.5 Å². The molecule has 0 amide bonds. The molecule has 4 aromatic rings. The highest BCUT2D eigenvalue weighted by Crippen LogP contribution is 2.32. The Labute approximate surface area is 160 Å². The van der Waals surface area contributed by atoms with E-state index in [9.17, 15) is 4.39 Å². The van der Waals surface area contributed by atoms with Crippen molar-refractivity contribution in [1.29, 1.82) is 0 Å². The van der Waals surface area contributed by atoms with Crippen LogP contribution in [0.4, 0.5) is 15.2 Å². The summed E-state index contributed by atoms with van der Waals surface area (Å²) in [6.45, 7) is 0.515. The quantitative estimate of drug-likeness (QED) is 0.461. The molecule has 0 aliphatic carbocycles. The van der Waals surface area contributed by atoms with Crippen LogP contribution < -0.4 is 14.8 Å². The summed E-state index contributed by atoms with van der Waals surface area (Å²) in [6.07, 6.45) is 0. The lowest BCUT2D eigenvalue weighted by Gasteiger charge is -2.05. The number of thiazole rings is 1. The number of halogens is 1. The molecule has 1 aromatic heterocycles. The van der Waals surface area contributed by atoms with Gasteiger partial charge in [-0.3, -0.25) is 0 Å². The van der Waals surface area contributed by atoms with Crippen molar-refractivity contribution in [2.45, 2.75) is 6.61 Å². The maximum absolute atomic E-state index is 13.8. The molecule has 0 fully saturated rings. The van der Waals surface area contributed by atoms with Gasteiger partial charge in [-0.25, -0.2) is 9.37 Å². The van der Waals surface area contributed by atoms with Gasteiger partial charge in [-0.15, -0.1) is 0 Å². The fourth-order valence-electron chi connectivity index (χ4n) is 2.66. The molecule has 0 aliphatic rings. The van der Waals surface area contributed by atoms with E-state index < -0.39 is 5.82 Å². The SMILES string of the molecule is COc1ccc(Nc2nc3ccc(OCc4ccccc4)cc3s2)cc1F. The molecule has 1 heterocycles. The Hall–Kier alpha value is -3.12. The van der Waals surface area contributed by atoms with E-state index in [1.165, 1.54) is 24.5 Å². The lowest BCUT2D eigenvalue weighted by atomic mass is 10.2. The first kappa shape index (κ1) is 17.3. The maximum atomic E-state index is 13.8. The summed E-state index contributed by atoms with van der Waals surface area (Å²) in [4.78, 5) is 4.54. The summed E-state index contributed by atoms with van der Waals surface area (Å²) in [5.41, 5.74) is 2.60. The molecule has 0 unspecified atom stereocenters. The molecule has 6 heteroatoms. The zero-order valence-electron chi connectivity index (χ0n) is 14.6. The average Bonchev–Trinajstić information content (AvgIpc) is 3.09. The molecule has 0 saturated heterocycles. The number of rotatable bonds is 6. The first-order valence-corrected chi connectivity index (χ1v) is 9.21. The Kier molecular flexibility index (Phi) is 4.89. The smallest absolute Gasteiger partial charge is 0.188 e. The Bertz CT molecular complexity index is 1070. The van der Waals surface area contributed by atoms with Crippen LogP contribution in [0.15, 0.2) is 66.7 Å². The van der Waals surface area contributed by atoms with Crippen molar-refractivity contribution < 1.29 is 13.9 Å². The number of hydrogen-bond acceptors (Lipinski definition) is 5. The minimum absolute atomic E-state index is 0.213. The summed E-state index contributed by atoms with van der Waals surface area (Å²) in [6, 6.07) is 20.5. The van der Waals surface area contributed by atoms with Crippen molar-refractivity contribution in [1.82, 2.24) is 4.98 Å². The largest absolute Gasteiger partial charge is 0.494 e. The van der Waals surface area contributed by atoms with Crippen molar-refractivity contribution >= 4 is 32.4 Å². The van der Waals surface area contributed by atoms with Crippen LogP contribution in [0.1, 0.15) is 5.56 Å². The zero-order chi connectivity index (χ0) is 18.6. The number of ether oxygens (including phenoxy) is 2. The first-order chi connectivity index (χ1) is 13.2. The van der Waals surface area contributed by atoms with Gasteiger partial charge in [0.2, 0.25) is 0 Å². The van der Waals surface area contributed by atoms with Gasteiger partial charge in [0.1, 0.15) is 12.4 Å². The molecule has 4 rings (SSSR count). The molecular formula is C21H17FN2O2S. The lowest BCUT2D eigenvalue weighted by molar-refractivity contribution is 0.306. The van der Waals surface area contributed by atoms with Crippen molar-refractivity contribution in [3.05, 3.63) is 78.1 Å². The van der Waals surface area contributed by atoms with E-state index in [4.69, 9.17) is 9.47 Å². The van der Waals surface area contributed by atoms with Crippen LogP contribution in [-0.2, 0) is 6.61 Å². The van der Waals surface area contributed by atoms with Crippen LogP contribution in [-0.4, -0.2) is 12.1 Å². The fraction of sp³-hybridized carbons (Fsp3) is 0.0952. The van der Waals surface area contributed by atoms with Gasteiger partial charge in [0, 0.05) is 11.8 Å². The van der Waals surface area contributed by atoms with Crippen molar-refractivity contribution in [2.24, 2.45) is 0 Å². The highest BCUT2D eigenvalue weighted by Gasteiger charge is 2.08. The standard InChI is InChI=1S/C21H17FN2O2S/c1-25-19-10-7-15(11-17(19)22)23-21-24-18-9-8-16(12-20(18)27-21)26-13-14-5-3-2-4-6-14/h2-12H,13H2,1H3,(H,23,24). The number of fused-ring (bicyclic) bond motifs is 1. The van der Waals surface area contributed by atoms with Gasteiger partial charge in [-0.1, -0.05) is 41.7 Å². The third-order valence-corrected chi connectivity index (χ3v) is 4.94. The monoisotopic (exact) mass is 380 g/mol. The number of nitrogens with one attached hydrogen (secondary N) is 1. The second-order valence-electron chi connectivity index (χ2n) is 5.90. The first-order valence-electron chi connectivity index (χ1n) is 8.39. The Balaban J connectivity index is 1.49. The third kappa shape index (κ3) is 4.01. The van der Waals surface area contributed by atoms with Gasteiger partial charge in [0.15, 0.2) is 16.7 Å². The van der Waals surface area contributed by atoms with Crippen molar-refractivity contribution in [3.63, 3.8) is 0 Å². The Morgan fingerprint density at radius 3 is 2.67 bits per heavy atom. The van der Waals surface area contributed by atoms with E-state index in [1.807, 2.05) is 48.5 Å². The topological polar surface area (TPSA) is 43.4 Å². The molecule has 136 valence electrons. The van der Waals surface area contributed by atoms with E-state index >= 15 is 0 Å². The summed E-state index contributed by atoms with van der Waals surface area (Å²) < 4.78 is 25.6. The van der Waals surface area contributed by atoms with Crippen LogP contribution in [0.3, 0.4) is 0 Å². The molecule has 0 atom stereocenters. The molecule has 0 radical (unpaired) electrons. The normalized spacial score (nSPS) is 10.7. The number of nitrogens with zero attached hydrogens (tertiary/aromatic N) is 1. The number of anilines is 2. The van der Waals surface area contributed by atoms with Gasteiger partial charge in [-0.05, 0) is 35.9 Å². The summed E-state index contributed by atoms with van der Waals surface area (Å²) in [5, 5.41) is 3.82. The lowest BCUT2D eigenvalue weighted by Crippen LogP contribution is -1.94. The number of methoxy groups -OCH3 is 1. The van der Waals surface area contributed by atoms with Crippen molar-refractivity contribution in [2.75, 3.05) is 12.4 Å². The third-order valence-electron chi connectivity index (χ3n) is 4.01. The van der Waals surface area contributed by atoms with E-state index in [0.717, 1.165) is 21.5 Å². The second-order valence-corrected chi connectivity index (χ2v) is 6.93. The predicted molar refractivity (Wildman–Crippen MR) is 107 cm³/mol. The molecule has 0 saturated carbocycles. The molecule has 27 heavy (non-hydrogen) atoms. The molecule has 0 aliphatic heterocycles. The van der Waals surface area contributed by atoms with Gasteiger partial charge < -0.3 is 14.8 Å². The van der Waals surface area contributed by atoms with Crippen LogP contribution in [0, 0.1) is 5.82 Å². The minimum atomic E-state index is -0.416. The minimum Gasteiger partial charge on any atom is -0.494 e. The molecule has 1 N–H and O–H groups in total. The zero-order valence-corrected chi connectivity index (χ0v) is 15.4. The van der Waals surface area contributed by atoms with Gasteiger partial charge in [0.05, 0.1) is 17.3 Å². The molecule has 0 spiro atoms. The molecule has 3 aromatic carbocycles.